The van der Waals surface area contributed by atoms with Gasteiger partial charge in [-0.3, -0.25) is 4.90 Å². The summed E-state index contributed by atoms with van der Waals surface area (Å²) in [5.74, 6) is 0. The van der Waals surface area contributed by atoms with Crippen molar-refractivity contribution in [3.05, 3.63) is 35.9 Å². The van der Waals surface area contributed by atoms with Gasteiger partial charge in [-0.15, -0.1) is 0 Å². The number of ether oxygens (including phenoxy) is 1. The molecule has 1 fully saturated rings. The molecule has 2 rings (SSSR count). The normalized spacial score (nSPS) is 19.6. The molecule has 1 saturated heterocycles. The van der Waals surface area contributed by atoms with Gasteiger partial charge in [0.05, 0.1) is 0 Å². The summed E-state index contributed by atoms with van der Waals surface area (Å²) < 4.78 is 5.24. The highest BCUT2D eigenvalue weighted by Crippen LogP contribution is 2.16. The van der Waals surface area contributed by atoms with Crippen LogP contribution in [0, 0.1) is 0 Å². The number of nitrogens with one attached hydrogen (secondary N) is 1. The molecule has 1 aromatic rings. The van der Waals surface area contributed by atoms with Crippen LogP contribution >= 0.6 is 0 Å². The van der Waals surface area contributed by atoms with E-state index in [1.165, 1.54) is 4.90 Å². The molecule has 0 radical (unpaired) electrons. The third-order valence-electron chi connectivity index (χ3n) is 3.09. The van der Waals surface area contributed by atoms with Gasteiger partial charge < -0.3 is 9.94 Å². The molecule has 1 heterocycles. The van der Waals surface area contributed by atoms with Crippen molar-refractivity contribution >= 4 is 6.09 Å². The molecule has 0 bridgehead atoms. The van der Waals surface area contributed by atoms with Gasteiger partial charge in [-0.05, 0) is 24.8 Å². The number of carbonyl (C=O) groups is 1. The lowest BCUT2D eigenvalue weighted by Crippen LogP contribution is -2.50. The lowest BCUT2D eigenvalue weighted by atomic mass is 10.1. The average molecular weight is 250 g/mol. The molecule has 0 aliphatic carbocycles. The van der Waals surface area contributed by atoms with Crippen LogP contribution in [0.5, 0.6) is 0 Å². The van der Waals surface area contributed by atoms with E-state index in [9.17, 15) is 4.79 Å². The minimum Gasteiger partial charge on any atom is -0.445 e. The molecule has 5 nitrogen and oxygen atoms in total. The fraction of sp³-hybridized carbons (Fsp3) is 0.462. The van der Waals surface area contributed by atoms with Crippen LogP contribution in [0.25, 0.3) is 0 Å². The smallest absolute Gasteiger partial charge is 0.411 e. The van der Waals surface area contributed by atoms with Crippen molar-refractivity contribution in [1.82, 2.24) is 10.4 Å². The Kier molecular flexibility index (Phi) is 4.55. The first kappa shape index (κ1) is 12.9. The minimum atomic E-state index is -0.384. The number of hydrogen-bond donors (Lipinski definition) is 2. The van der Waals surface area contributed by atoms with Gasteiger partial charge in [0.1, 0.15) is 12.8 Å². The molecule has 0 spiro atoms. The zero-order valence-electron chi connectivity index (χ0n) is 10.2. The molecular formula is C13H18N2O3. The number of likely N-dealkylation sites (tertiary alicyclic amines) is 1. The molecule has 98 valence electrons. The van der Waals surface area contributed by atoms with Crippen LogP contribution in [0.4, 0.5) is 4.79 Å². The third kappa shape index (κ3) is 3.21. The second-order valence-electron chi connectivity index (χ2n) is 4.37. The Hall–Kier alpha value is -1.59. The number of hydrogen-bond acceptors (Lipinski definition) is 4. The Morgan fingerprint density at radius 1 is 1.39 bits per heavy atom. The highest BCUT2D eigenvalue weighted by atomic mass is 16.6. The zero-order valence-corrected chi connectivity index (χ0v) is 10.2. The standard InChI is InChI=1S/C13H18N2O3/c16-13(15-9-5-4-8-12(15)14-17)18-10-11-6-2-1-3-7-11/h1-3,6-7,12,14,17H,4-5,8-10H2/t12-/m0/s1. The number of carbonyl (C=O) groups excluding carboxylic acids is 1. The summed E-state index contributed by atoms with van der Waals surface area (Å²) in [6.45, 7) is 0.875. The van der Waals surface area contributed by atoms with Gasteiger partial charge in [0.2, 0.25) is 0 Å². The summed E-state index contributed by atoms with van der Waals surface area (Å²) in [4.78, 5) is 13.4. The van der Waals surface area contributed by atoms with Crippen molar-refractivity contribution in [2.45, 2.75) is 32.0 Å². The van der Waals surface area contributed by atoms with Crippen LogP contribution in [-0.2, 0) is 11.3 Å². The summed E-state index contributed by atoms with van der Waals surface area (Å²) in [5, 5.41) is 9.00. The van der Waals surface area contributed by atoms with Gasteiger partial charge in [-0.2, -0.15) is 5.48 Å². The molecule has 1 aliphatic heterocycles. The van der Waals surface area contributed by atoms with E-state index in [2.05, 4.69) is 5.48 Å². The maximum Gasteiger partial charge on any atom is 0.411 e. The summed E-state index contributed by atoms with van der Waals surface area (Å²) in [5.41, 5.74) is 3.11. The SMILES string of the molecule is O=C(OCc1ccccc1)N1CCCC[C@H]1NO. The fourth-order valence-corrected chi connectivity index (χ4v) is 2.09. The second-order valence-corrected chi connectivity index (χ2v) is 4.37. The van der Waals surface area contributed by atoms with Crippen LogP contribution in [-0.4, -0.2) is 28.9 Å². The predicted molar refractivity (Wildman–Crippen MR) is 65.9 cm³/mol. The molecule has 0 unspecified atom stereocenters. The maximum atomic E-state index is 11.9. The molecule has 1 aliphatic rings. The van der Waals surface area contributed by atoms with E-state index in [0.717, 1.165) is 24.8 Å². The van der Waals surface area contributed by atoms with Crippen LogP contribution in [0.2, 0.25) is 0 Å². The van der Waals surface area contributed by atoms with Crippen molar-refractivity contribution < 1.29 is 14.7 Å². The Balaban J connectivity index is 1.87. The molecule has 1 atom stereocenters. The Bertz CT molecular complexity index is 383. The Labute approximate surface area is 106 Å². The lowest BCUT2D eigenvalue weighted by Gasteiger charge is -2.33. The first-order valence-electron chi connectivity index (χ1n) is 6.18. The van der Waals surface area contributed by atoms with E-state index in [1.807, 2.05) is 30.3 Å². The van der Waals surface area contributed by atoms with E-state index >= 15 is 0 Å². The van der Waals surface area contributed by atoms with E-state index in [0.29, 0.717) is 6.54 Å². The van der Waals surface area contributed by atoms with Crippen molar-refractivity contribution in [3.63, 3.8) is 0 Å². The van der Waals surface area contributed by atoms with Crippen LogP contribution in [0.15, 0.2) is 30.3 Å². The largest absolute Gasteiger partial charge is 0.445 e. The fourth-order valence-electron chi connectivity index (χ4n) is 2.09. The quantitative estimate of drug-likeness (QED) is 0.807. The monoisotopic (exact) mass is 250 g/mol. The van der Waals surface area contributed by atoms with Gasteiger partial charge in [-0.25, -0.2) is 4.79 Å². The molecule has 5 heteroatoms. The highest BCUT2D eigenvalue weighted by Gasteiger charge is 2.27. The summed E-state index contributed by atoms with van der Waals surface area (Å²) in [6.07, 6.45) is 1.98. The molecule has 0 aromatic heterocycles. The predicted octanol–water partition coefficient (Wildman–Crippen LogP) is 2.11. The van der Waals surface area contributed by atoms with E-state index in [-0.39, 0.29) is 18.9 Å². The molecule has 1 amide bonds. The number of rotatable bonds is 3. The molecule has 1 aromatic carbocycles. The Morgan fingerprint density at radius 3 is 2.89 bits per heavy atom. The number of benzene rings is 1. The number of piperidine rings is 1. The number of hydroxylamine groups is 1. The van der Waals surface area contributed by atoms with Crippen molar-refractivity contribution in [2.75, 3.05) is 6.54 Å². The van der Waals surface area contributed by atoms with Crippen LogP contribution in [0.3, 0.4) is 0 Å². The number of nitrogens with zero attached hydrogens (tertiary/aromatic N) is 1. The van der Waals surface area contributed by atoms with Gasteiger partial charge in [0.15, 0.2) is 0 Å². The van der Waals surface area contributed by atoms with Gasteiger partial charge in [0.25, 0.3) is 0 Å². The Morgan fingerprint density at radius 2 is 2.17 bits per heavy atom. The summed E-state index contributed by atoms with van der Waals surface area (Å²) in [7, 11) is 0. The van der Waals surface area contributed by atoms with Crippen LogP contribution < -0.4 is 5.48 Å². The maximum absolute atomic E-state index is 11.9. The number of amides is 1. The second kappa shape index (κ2) is 6.37. The van der Waals surface area contributed by atoms with Gasteiger partial charge in [-0.1, -0.05) is 30.3 Å². The molecule has 2 N–H and O–H groups in total. The molecule has 18 heavy (non-hydrogen) atoms. The minimum absolute atomic E-state index is 0.258. The van der Waals surface area contributed by atoms with Gasteiger partial charge in [0, 0.05) is 6.54 Å². The third-order valence-corrected chi connectivity index (χ3v) is 3.09. The highest BCUT2D eigenvalue weighted by molar-refractivity contribution is 5.68. The lowest BCUT2D eigenvalue weighted by molar-refractivity contribution is 0.00305. The average Bonchev–Trinajstić information content (AvgIpc) is 2.45. The zero-order chi connectivity index (χ0) is 12.8. The molecule has 0 saturated carbocycles. The van der Waals surface area contributed by atoms with E-state index in [1.54, 1.807) is 0 Å². The van der Waals surface area contributed by atoms with E-state index in [4.69, 9.17) is 9.94 Å². The van der Waals surface area contributed by atoms with Gasteiger partial charge >= 0.3 is 6.09 Å². The first-order valence-corrected chi connectivity index (χ1v) is 6.18. The molecular weight excluding hydrogens is 232 g/mol. The first-order chi connectivity index (χ1) is 8.81. The van der Waals surface area contributed by atoms with Crippen molar-refractivity contribution in [1.29, 1.82) is 0 Å². The van der Waals surface area contributed by atoms with Crippen molar-refractivity contribution in [3.8, 4) is 0 Å². The topological polar surface area (TPSA) is 61.8 Å². The van der Waals surface area contributed by atoms with Crippen LogP contribution in [0.1, 0.15) is 24.8 Å². The summed E-state index contributed by atoms with van der Waals surface area (Å²) >= 11 is 0. The van der Waals surface area contributed by atoms with Crippen molar-refractivity contribution in [2.24, 2.45) is 0 Å². The summed E-state index contributed by atoms with van der Waals surface area (Å²) in [6, 6.07) is 9.54. The van der Waals surface area contributed by atoms with E-state index < -0.39 is 0 Å².